The number of hydrogen-bond acceptors (Lipinski definition) is 3. The van der Waals surface area contributed by atoms with E-state index in [0.717, 1.165) is 45.6 Å². The number of aliphatic hydroxyl groups is 1. The number of hydrogen-bond donors (Lipinski definition) is 2. The number of nitrogens with zero attached hydrogens (tertiary/aromatic N) is 1. The molecule has 0 aliphatic carbocycles. The van der Waals surface area contributed by atoms with Crippen molar-refractivity contribution in [3.8, 4) is 0 Å². The van der Waals surface area contributed by atoms with Crippen LogP contribution in [-0.2, 0) is 0 Å². The molecule has 0 unspecified atom stereocenters. The second-order valence-corrected chi connectivity index (χ2v) is 5.85. The first-order valence-electron chi connectivity index (χ1n) is 6.64. The zero-order valence-electron chi connectivity index (χ0n) is 11.1. The summed E-state index contributed by atoms with van der Waals surface area (Å²) in [5.74, 6) is 0. The molecule has 1 rings (SSSR count). The van der Waals surface area contributed by atoms with Crippen molar-refractivity contribution in [3.63, 3.8) is 0 Å². The van der Waals surface area contributed by atoms with Gasteiger partial charge in [-0.3, -0.25) is 0 Å². The van der Waals surface area contributed by atoms with Crippen LogP contribution in [0.5, 0.6) is 0 Å². The molecule has 1 fully saturated rings. The van der Waals surface area contributed by atoms with E-state index in [2.05, 4.69) is 31.0 Å². The highest BCUT2D eigenvalue weighted by Gasteiger charge is 2.24. The average Bonchev–Trinajstić information content (AvgIpc) is 2.21. The Balaban J connectivity index is 2.23. The number of aliphatic hydroxyl groups excluding tert-OH is 1. The van der Waals surface area contributed by atoms with Crippen LogP contribution in [-0.4, -0.2) is 48.8 Å². The van der Waals surface area contributed by atoms with E-state index in [-0.39, 0.29) is 6.10 Å². The summed E-state index contributed by atoms with van der Waals surface area (Å²) in [5.41, 5.74) is 0.331. The summed E-state index contributed by atoms with van der Waals surface area (Å²) >= 11 is 0. The second kappa shape index (κ2) is 6.58. The van der Waals surface area contributed by atoms with Crippen molar-refractivity contribution < 1.29 is 5.11 Å². The SMILES string of the molecule is CCCNCC(C)(C)CN1CCC(O)CC1. The molecule has 0 amide bonds. The summed E-state index contributed by atoms with van der Waals surface area (Å²) in [6, 6.07) is 0. The van der Waals surface area contributed by atoms with Gasteiger partial charge in [-0.1, -0.05) is 20.8 Å². The lowest BCUT2D eigenvalue weighted by Crippen LogP contribution is -2.44. The normalized spacial score (nSPS) is 20.2. The van der Waals surface area contributed by atoms with Crippen LogP contribution >= 0.6 is 0 Å². The van der Waals surface area contributed by atoms with Crippen molar-refractivity contribution in [3.05, 3.63) is 0 Å². The highest BCUT2D eigenvalue weighted by molar-refractivity contribution is 4.79. The predicted molar refractivity (Wildman–Crippen MR) is 68.6 cm³/mol. The van der Waals surface area contributed by atoms with Gasteiger partial charge in [0.15, 0.2) is 0 Å². The van der Waals surface area contributed by atoms with Gasteiger partial charge in [-0.05, 0) is 31.2 Å². The van der Waals surface area contributed by atoms with Crippen molar-refractivity contribution in [1.82, 2.24) is 10.2 Å². The maximum absolute atomic E-state index is 9.46. The Labute approximate surface area is 100 Å². The van der Waals surface area contributed by atoms with Gasteiger partial charge in [-0.25, -0.2) is 0 Å². The molecule has 3 nitrogen and oxygen atoms in total. The Hall–Kier alpha value is -0.120. The molecule has 0 aromatic rings. The monoisotopic (exact) mass is 228 g/mol. The molecule has 1 aliphatic rings. The third-order valence-corrected chi connectivity index (χ3v) is 3.24. The third kappa shape index (κ3) is 5.28. The molecule has 2 N–H and O–H groups in total. The zero-order chi connectivity index (χ0) is 12.0. The van der Waals surface area contributed by atoms with E-state index in [0.29, 0.717) is 5.41 Å². The van der Waals surface area contributed by atoms with Crippen LogP contribution in [0.25, 0.3) is 0 Å². The molecule has 16 heavy (non-hydrogen) atoms. The maximum Gasteiger partial charge on any atom is 0.0564 e. The van der Waals surface area contributed by atoms with Crippen LogP contribution in [0, 0.1) is 5.41 Å². The summed E-state index contributed by atoms with van der Waals surface area (Å²) in [5, 5.41) is 13.0. The van der Waals surface area contributed by atoms with Gasteiger partial charge in [-0.15, -0.1) is 0 Å². The van der Waals surface area contributed by atoms with E-state index in [9.17, 15) is 5.11 Å². The van der Waals surface area contributed by atoms with Gasteiger partial charge >= 0.3 is 0 Å². The Morgan fingerprint density at radius 3 is 2.50 bits per heavy atom. The molecule has 0 aromatic carbocycles. The van der Waals surface area contributed by atoms with Gasteiger partial charge in [0.1, 0.15) is 0 Å². The van der Waals surface area contributed by atoms with Crippen LogP contribution in [0.15, 0.2) is 0 Å². The zero-order valence-corrected chi connectivity index (χ0v) is 11.1. The molecule has 0 bridgehead atoms. The standard InChI is InChI=1S/C13H28N2O/c1-4-7-14-10-13(2,3)11-15-8-5-12(16)6-9-15/h12,14,16H,4-11H2,1-3H3. The van der Waals surface area contributed by atoms with E-state index in [4.69, 9.17) is 0 Å². The molecular formula is C13H28N2O. The first kappa shape index (κ1) is 13.9. The minimum Gasteiger partial charge on any atom is -0.393 e. The first-order chi connectivity index (χ1) is 7.53. The highest BCUT2D eigenvalue weighted by atomic mass is 16.3. The van der Waals surface area contributed by atoms with E-state index >= 15 is 0 Å². The molecule has 0 aromatic heterocycles. The van der Waals surface area contributed by atoms with Gasteiger partial charge in [0.25, 0.3) is 0 Å². The lowest BCUT2D eigenvalue weighted by Gasteiger charge is -2.36. The van der Waals surface area contributed by atoms with Gasteiger partial charge in [0.05, 0.1) is 6.10 Å². The highest BCUT2D eigenvalue weighted by Crippen LogP contribution is 2.19. The van der Waals surface area contributed by atoms with E-state index in [1.807, 2.05) is 0 Å². The molecule has 1 aliphatic heterocycles. The van der Waals surface area contributed by atoms with Crippen LogP contribution in [0.3, 0.4) is 0 Å². The first-order valence-corrected chi connectivity index (χ1v) is 6.64. The Morgan fingerprint density at radius 1 is 1.31 bits per heavy atom. The largest absolute Gasteiger partial charge is 0.393 e. The van der Waals surface area contributed by atoms with Gasteiger partial charge in [0, 0.05) is 26.2 Å². The lowest BCUT2D eigenvalue weighted by molar-refractivity contribution is 0.0632. The lowest BCUT2D eigenvalue weighted by atomic mass is 9.91. The van der Waals surface area contributed by atoms with E-state index in [1.54, 1.807) is 0 Å². The van der Waals surface area contributed by atoms with Gasteiger partial charge in [-0.2, -0.15) is 0 Å². The summed E-state index contributed by atoms with van der Waals surface area (Å²) in [6.45, 7) is 12.3. The Kier molecular flexibility index (Phi) is 5.73. The molecule has 0 spiro atoms. The third-order valence-electron chi connectivity index (χ3n) is 3.24. The van der Waals surface area contributed by atoms with Crippen molar-refractivity contribution >= 4 is 0 Å². The van der Waals surface area contributed by atoms with E-state index in [1.165, 1.54) is 6.42 Å². The molecule has 96 valence electrons. The average molecular weight is 228 g/mol. The predicted octanol–water partition coefficient (Wildman–Crippen LogP) is 1.47. The Bertz CT molecular complexity index is 186. The van der Waals surface area contributed by atoms with Crippen molar-refractivity contribution in [1.29, 1.82) is 0 Å². The van der Waals surface area contributed by atoms with Crippen molar-refractivity contribution in [2.75, 3.05) is 32.7 Å². The van der Waals surface area contributed by atoms with Crippen LogP contribution < -0.4 is 5.32 Å². The molecule has 0 saturated carbocycles. The van der Waals surface area contributed by atoms with Crippen LogP contribution in [0.2, 0.25) is 0 Å². The van der Waals surface area contributed by atoms with Crippen molar-refractivity contribution in [2.24, 2.45) is 5.41 Å². The quantitative estimate of drug-likeness (QED) is 0.676. The molecule has 1 saturated heterocycles. The van der Waals surface area contributed by atoms with E-state index < -0.39 is 0 Å². The number of likely N-dealkylation sites (tertiary alicyclic amines) is 1. The summed E-state index contributed by atoms with van der Waals surface area (Å²) in [7, 11) is 0. The fourth-order valence-corrected chi connectivity index (χ4v) is 2.34. The minimum atomic E-state index is -0.0578. The maximum atomic E-state index is 9.46. The van der Waals surface area contributed by atoms with Crippen LogP contribution in [0.1, 0.15) is 40.0 Å². The summed E-state index contributed by atoms with van der Waals surface area (Å²) < 4.78 is 0. The molecule has 3 heteroatoms. The smallest absolute Gasteiger partial charge is 0.0564 e. The van der Waals surface area contributed by atoms with Crippen LogP contribution in [0.4, 0.5) is 0 Å². The van der Waals surface area contributed by atoms with Gasteiger partial charge in [0.2, 0.25) is 0 Å². The molecular weight excluding hydrogens is 200 g/mol. The molecule has 1 heterocycles. The Morgan fingerprint density at radius 2 is 1.94 bits per heavy atom. The van der Waals surface area contributed by atoms with Gasteiger partial charge < -0.3 is 15.3 Å². The van der Waals surface area contributed by atoms with Crippen molar-refractivity contribution in [2.45, 2.75) is 46.1 Å². The summed E-state index contributed by atoms with van der Waals surface area (Å²) in [4.78, 5) is 2.49. The fraction of sp³-hybridized carbons (Fsp3) is 1.00. The number of piperidine rings is 1. The topological polar surface area (TPSA) is 35.5 Å². The number of rotatable bonds is 6. The molecule has 0 radical (unpaired) electrons. The fourth-order valence-electron chi connectivity index (χ4n) is 2.34. The molecule has 0 atom stereocenters. The second-order valence-electron chi connectivity index (χ2n) is 5.85. The number of nitrogens with one attached hydrogen (secondary N) is 1. The minimum absolute atomic E-state index is 0.0578. The summed E-state index contributed by atoms with van der Waals surface area (Å²) in [6.07, 6.45) is 3.03.